The lowest BCUT2D eigenvalue weighted by molar-refractivity contribution is -0.0454. The highest BCUT2D eigenvalue weighted by molar-refractivity contribution is 6.74. The minimum absolute atomic E-state index is 0.00731. The molecule has 1 unspecified atom stereocenters. The van der Waals surface area contributed by atoms with Gasteiger partial charge in [-0.25, -0.2) is 4.98 Å². The molecule has 1 heterocycles. The Bertz CT molecular complexity index is 1230. The molecule has 0 aliphatic rings. The molecule has 0 radical (unpaired) electrons. The number of methoxy groups -OCH3 is 3. The van der Waals surface area contributed by atoms with Gasteiger partial charge in [0.15, 0.2) is 22.5 Å². The number of nitrogens with zero attached hydrogens (tertiary/aromatic N) is 1. The van der Waals surface area contributed by atoms with Crippen molar-refractivity contribution < 1.29 is 32.2 Å². The van der Waals surface area contributed by atoms with Crippen LogP contribution in [-0.4, -0.2) is 67.9 Å². The van der Waals surface area contributed by atoms with Crippen LogP contribution >= 0.6 is 0 Å². The molecule has 0 N–H and O–H groups in total. The van der Waals surface area contributed by atoms with Gasteiger partial charge < -0.3 is 32.2 Å². The molecule has 280 valence electrons. The molecular weight excluding hydrogens is 651 g/mol. The first-order valence-corrected chi connectivity index (χ1v) is 23.8. The smallest absolute Gasteiger partial charge is 0.196 e. The Kier molecular flexibility index (Phi) is 17.0. The molecular formula is C39H69NO7Si2. The van der Waals surface area contributed by atoms with E-state index in [0.29, 0.717) is 31.8 Å². The largest absolute Gasteiger partial charge is 0.497 e. The van der Waals surface area contributed by atoms with Gasteiger partial charge in [-0.2, -0.15) is 0 Å². The summed E-state index contributed by atoms with van der Waals surface area (Å²) in [6.07, 6.45) is 6.55. The second-order valence-corrected chi connectivity index (χ2v) is 26.1. The lowest BCUT2D eigenvalue weighted by Gasteiger charge is -2.40. The summed E-state index contributed by atoms with van der Waals surface area (Å²) in [6, 6.07) is 8.05. The predicted molar refractivity (Wildman–Crippen MR) is 205 cm³/mol. The van der Waals surface area contributed by atoms with E-state index in [2.05, 4.69) is 93.4 Å². The van der Waals surface area contributed by atoms with Crippen LogP contribution < -0.4 is 4.74 Å². The highest BCUT2D eigenvalue weighted by Crippen LogP contribution is 2.39. The summed E-state index contributed by atoms with van der Waals surface area (Å²) in [5, 5.41) is 0.210. The zero-order valence-electron chi connectivity index (χ0n) is 33.3. The normalized spacial score (nSPS) is 16.2. The number of hydrogen-bond donors (Lipinski definition) is 0. The van der Waals surface area contributed by atoms with Crippen LogP contribution in [0.15, 0.2) is 47.6 Å². The Morgan fingerprint density at radius 2 is 1.51 bits per heavy atom. The van der Waals surface area contributed by atoms with E-state index in [1.54, 1.807) is 20.5 Å². The van der Waals surface area contributed by atoms with Gasteiger partial charge in [0.25, 0.3) is 0 Å². The molecule has 1 aromatic heterocycles. The second-order valence-electron chi connectivity index (χ2n) is 16.5. The molecule has 2 aromatic rings. The van der Waals surface area contributed by atoms with Crippen LogP contribution in [0.1, 0.15) is 97.4 Å². The molecule has 0 aliphatic carbocycles. The number of rotatable bonds is 22. The average molecular weight is 720 g/mol. The van der Waals surface area contributed by atoms with Crippen molar-refractivity contribution in [3.05, 3.63) is 60.3 Å². The van der Waals surface area contributed by atoms with Gasteiger partial charge in [0.1, 0.15) is 23.8 Å². The second kappa shape index (κ2) is 19.2. The van der Waals surface area contributed by atoms with Crippen LogP contribution in [0.4, 0.5) is 0 Å². The number of hydrogen-bond acceptors (Lipinski definition) is 8. The standard InChI is InChI=1S/C39H69NO7Si2/c1-16-17-35(42-10)34-28-45-37(40-34)26-33(47-49(14,15)39(6,7)8)24-32(44-27-30-18-20-31(41-9)21-19-30)25-36(43-11)29(2)22-23-46-48(12,13)38(3,4)5/h16,18-21,28-29,32-33,35-36H,1,17,22-27H2,2-15H3/t29?,32-,33+,35+,36+/m1/s1. The first-order valence-electron chi connectivity index (χ1n) is 17.9. The van der Waals surface area contributed by atoms with Crippen molar-refractivity contribution >= 4 is 16.6 Å². The molecule has 0 fully saturated rings. The summed E-state index contributed by atoms with van der Waals surface area (Å²) in [7, 11) is 1.18. The minimum atomic E-state index is -2.16. The van der Waals surface area contributed by atoms with E-state index in [-0.39, 0.29) is 40.4 Å². The highest BCUT2D eigenvalue weighted by Gasteiger charge is 2.41. The van der Waals surface area contributed by atoms with Crippen LogP contribution in [0, 0.1) is 5.92 Å². The van der Waals surface area contributed by atoms with Crippen LogP contribution in [-0.2, 0) is 36.1 Å². The molecule has 2 rings (SSSR count). The van der Waals surface area contributed by atoms with Crippen LogP contribution in [0.5, 0.6) is 5.75 Å². The topological polar surface area (TPSA) is 81.4 Å². The molecule has 5 atom stereocenters. The third-order valence-corrected chi connectivity index (χ3v) is 19.8. The summed E-state index contributed by atoms with van der Waals surface area (Å²) in [6.45, 7) is 30.2. The average Bonchev–Trinajstić information content (AvgIpc) is 3.47. The van der Waals surface area contributed by atoms with Gasteiger partial charge in [-0.05, 0) is 79.1 Å². The molecule has 8 nitrogen and oxygen atoms in total. The molecule has 0 amide bonds. The van der Waals surface area contributed by atoms with Crippen LogP contribution in [0.25, 0.3) is 0 Å². The van der Waals surface area contributed by atoms with Crippen molar-refractivity contribution in [2.24, 2.45) is 5.92 Å². The van der Waals surface area contributed by atoms with Gasteiger partial charge in [-0.3, -0.25) is 0 Å². The molecule has 0 aliphatic heterocycles. The molecule has 49 heavy (non-hydrogen) atoms. The summed E-state index contributed by atoms with van der Waals surface area (Å²) in [5.41, 5.74) is 1.85. The minimum Gasteiger partial charge on any atom is -0.497 e. The quantitative estimate of drug-likeness (QED) is 0.0879. The fourth-order valence-electron chi connectivity index (χ4n) is 5.20. The SMILES string of the molecule is C=CC[C@H](OC)c1coc(C[C@H](C[C@H](C[C@H](OC)C(C)CCO[Si](C)(C)C(C)(C)C)OCc2ccc(OC)cc2)O[Si](C)(C)C(C)(C)C)n1. The maximum Gasteiger partial charge on any atom is 0.196 e. The highest BCUT2D eigenvalue weighted by atomic mass is 28.4. The van der Waals surface area contributed by atoms with Crippen molar-refractivity contribution in [2.45, 2.75) is 148 Å². The van der Waals surface area contributed by atoms with Gasteiger partial charge >= 0.3 is 0 Å². The maximum absolute atomic E-state index is 7.11. The van der Waals surface area contributed by atoms with E-state index < -0.39 is 16.6 Å². The Labute approximate surface area is 300 Å². The van der Waals surface area contributed by atoms with E-state index in [0.717, 1.165) is 36.5 Å². The zero-order valence-corrected chi connectivity index (χ0v) is 35.3. The van der Waals surface area contributed by atoms with Gasteiger partial charge in [-0.15, -0.1) is 6.58 Å². The van der Waals surface area contributed by atoms with Gasteiger partial charge in [0.05, 0.1) is 32.0 Å². The number of oxazole rings is 1. The van der Waals surface area contributed by atoms with Crippen molar-refractivity contribution in [2.75, 3.05) is 27.9 Å². The lowest BCUT2D eigenvalue weighted by Crippen LogP contribution is -2.45. The maximum atomic E-state index is 7.11. The third-order valence-electron chi connectivity index (χ3n) is 10.7. The summed E-state index contributed by atoms with van der Waals surface area (Å²) >= 11 is 0. The third kappa shape index (κ3) is 13.7. The number of ether oxygens (including phenoxy) is 4. The number of benzene rings is 1. The molecule has 10 heteroatoms. The first-order chi connectivity index (χ1) is 22.8. The molecule has 0 saturated heterocycles. The van der Waals surface area contributed by atoms with Crippen molar-refractivity contribution in [3.8, 4) is 5.75 Å². The van der Waals surface area contributed by atoms with E-state index >= 15 is 0 Å². The van der Waals surface area contributed by atoms with E-state index in [9.17, 15) is 0 Å². The van der Waals surface area contributed by atoms with Crippen molar-refractivity contribution in [1.29, 1.82) is 0 Å². The van der Waals surface area contributed by atoms with Gasteiger partial charge in [-0.1, -0.05) is 66.7 Å². The van der Waals surface area contributed by atoms with Crippen LogP contribution in [0.2, 0.25) is 36.3 Å². The Morgan fingerprint density at radius 3 is 2.04 bits per heavy atom. The lowest BCUT2D eigenvalue weighted by atomic mass is 9.93. The monoisotopic (exact) mass is 719 g/mol. The van der Waals surface area contributed by atoms with E-state index in [4.69, 9.17) is 37.2 Å². The molecule has 0 saturated carbocycles. The number of aromatic nitrogens is 1. The summed E-state index contributed by atoms with van der Waals surface area (Å²) < 4.78 is 43.6. The molecule has 0 bridgehead atoms. The Balaban J connectivity index is 2.35. The Morgan fingerprint density at radius 1 is 0.878 bits per heavy atom. The van der Waals surface area contributed by atoms with Gasteiger partial charge in [0, 0.05) is 33.7 Å². The molecule has 1 aromatic carbocycles. The zero-order chi connectivity index (χ0) is 37.0. The van der Waals surface area contributed by atoms with Crippen molar-refractivity contribution in [1.82, 2.24) is 4.98 Å². The Hall–Kier alpha value is -1.80. The van der Waals surface area contributed by atoms with E-state index in [1.165, 1.54) is 0 Å². The van der Waals surface area contributed by atoms with E-state index in [1.807, 2.05) is 25.3 Å². The molecule has 0 spiro atoms. The van der Waals surface area contributed by atoms with Crippen LogP contribution in [0.3, 0.4) is 0 Å². The summed E-state index contributed by atoms with van der Waals surface area (Å²) in [5.74, 6) is 1.75. The van der Waals surface area contributed by atoms with Gasteiger partial charge in [0.2, 0.25) is 0 Å². The van der Waals surface area contributed by atoms with Crippen molar-refractivity contribution in [3.63, 3.8) is 0 Å². The first kappa shape index (κ1) is 43.4. The predicted octanol–water partition coefficient (Wildman–Crippen LogP) is 10.3. The summed E-state index contributed by atoms with van der Waals surface area (Å²) in [4.78, 5) is 4.83. The fourth-order valence-corrected chi connectivity index (χ4v) is 7.63. The fraction of sp³-hybridized carbons (Fsp3) is 0.718.